The van der Waals surface area contributed by atoms with E-state index in [1.807, 2.05) is 0 Å². The van der Waals surface area contributed by atoms with Crippen LogP contribution in [0.5, 0.6) is 0 Å². The Hall–Kier alpha value is -2.02. The average Bonchev–Trinajstić information content (AvgIpc) is 2.53. The van der Waals surface area contributed by atoms with Crippen molar-refractivity contribution in [2.75, 3.05) is 11.9 Å². The first-order chi connectivity index (χ1) is 11.8. The molecule has 0 aliphatic carbocycles. The highest BCUT2D eigenvalue weighted by atomic mass is 15.1. The van der Waals surface area contributed by atoms with Crippen molar-refractivity contribution in [1.29, 1.82) is 0 Å². The largest absolute Gasteiger partial charge is 0.364 e. The molecule has 0 fully saturated rings. The van der Waals surface area contributed by atoms with Crippen molar-refractivity contribution >= 4 is 11.3 Å². The Balaban J connectivity index is 2.18. The van der Waals surface area contributed by atoms with E-state index in [-0.39, 0.29) is 0 Å². The summed E-state index contributed by atoms with van der Waals surface area (Å²) in [5.41, 5.74) is 11.2. The van der Waals surface area contributed by atoms with Gasteiger partial charge in [0.15, 0.2) is 0 Å². The number of aryl methyl sites for hydroxylation is 3. The second kappa shape index (κ2) is 6.71. The molecule has 1 aliphatic rings. The van der Waals surface area contributed by atoms with Crippen LogP contribution < -0.4 is 4.90 Å². The molecule has 0 saturated carbocycles. The lowest BCUT2D eigenvalue weighted by atomic mass is 9.85. The molecule has 2 aromatic rings. The van der Waals surface area contributed by atoms with Crippen molar-refractivity contribution in [3.63, 3.8) is 0 Å². The molecule has 1 atom stereocenters. The highest BCUT2D eigenvalue weighted by Gasteiger charge is 2.26. The summed E-state index contributed by atoms with van der Waals surface area (Å²) in [5.74, 6) is 0.656. The van der Waals surface area contributed by atoms with Gasteiger partial charge in [0, 0.05) is 18.3 Å². The fraction of sp³-hybridized carbons (Fsp3) is 0.417. The number of anilines is 1. The van der Waals surface area contributed by atoms with Crippen LogP contribution in [0.3, 0.4) is 0 Å². The molecule has 1 nitrogen and oxygen atoms in total. The molecule has 25 heavy (non-hydrogen) atoms. The van der Waals surface area contributed by atoms with E-state index < -0.39 is 0 Å². The molecule has 0 amide bonds. The summed E-state index contributed by atoms with van der Waals surface area (Å²) >= 11 is 0. The van der Waals surface area contributed by atoms with Gasteiger partial charge in [-0.25, -0.2) is 0 Å². The van der Waals surface area contributed by atoms with Gasteiger partial charge < -0.3 is 4.90 Å². The first-order valence-corrected chi connectivity index (χ1v) is 9.40. The van der Waals surface area contributed by atoms with E-state index in [1.165, 1.54) is 44.6 Å². The fourth-order valence-electron chi connectivity index (χ4n) is 4.05. The quantitative estimate of drug-likeness (QED) is 0.616. The Labute approximate surface area is 153 Å². The zero-order chi connectivity index (χ0) is 18.3. The lowest BCUT2D eigenvalue weighted by molar-refractivity contribution is 0.666. The lowest BCUT2D eigenvalue weighted by Crippen LogP contribution is -2.28. The molecule has 1 aliphatic heterocycles. The molecule has 0 aromatic heterocycles. The van der Waals surface area contributed by atoms with Gasteiger partial charge in [0.2, 0.25) is 0 Å². The van der Waals surface area contributed by atoms with Gasteiger partial charge in [-0.15, -0.1) is 0 Å². The maximum atomic E-state index is 2.50. The van der Waals surface area contributed by atoms with Crippen LogP contribution in [0.2, 0.25) is 0 Å². The monoisotopic (exact) mass is 333 g/mol. The zero-order valence-electron chi connectivity index (χ0n) is 16.8. The summed E-state index contributed by atoms with van der Waals surface area (Å²) in [6.07, 6.45) is 3.63. The van der Waals surface area contributed by atoms with Gasteiger partial charge in [0.1, 0.15) is 0 Å². The number of allylic oxidation sites excluding steroid dienone is 1. The Kier molecular flexibility index (Phi) is 4.77. The van der Waals surface area contributed by atoms with E-state index in [9.17, 15) is 0 Å². The van der Waals surface area contributed by atoms with Crippen molar-refractivity contribution in [3.8, 4) is 0 Å². The van der Waals surface area contributed by atoms with Crippen LogP contribution >= 0.6 is 0 Å². The van der Waals surface area contributed by atoms with Crippen LogP contribution in [-0.2, 0) is 0 Å². The van der Waals surface area contributed by atoms with Crippen molar-refractivity contribution < 1.29 is 0 Å². The first kappa shape index (κ1) is 17.8. The van der Waals surface area contributed by atoms with E-state index in [4.69, 9.17) is 0 Å². The summed E-state index contributed by atoms with van der Waals surface area (Å²) in [7, 11) is 2.23. The predicted molar refractivity (Wildman–Crippen MR) is 110 cm³/mol. The van der Waals surface area contributed by atoms with Gasteiger partial charge in [-0.3, -0.25) is 0 Å². The van der Waals surface area contributed by atoms with Gasteiger partial charge in [0.25, 0.3) is 0 Å². The van der Waals surface area contributed by atoms with Crippen LogP contribution in [0.1, 0.15) is 59.7 Å². The molecule has 132 valence electrons. The summed E-state index contributed by atoms with van der Waals surface area (Å²) in [6.45, 7) is 13.5. The zero-order valence-corrected chi connectivity index (χ0v) is 16.8. The highest BCUT2D eigenvalue weighted by molar-refractivity contribution is 5.82. The topological polar surface area (TPSA) is 3.24 Å². The van der Waals surface area contributed by atoms with E-state index in [2.05, 4.69) is 89.9 Å². The Morgan fingerprint density at radius 2 is 1.68 bits per heavy atom. The smallest absolute Gasteiger partial charge is 0.0732 e. The maximum absolute atomic E-state index is 2.50. The van der Waals surface area contributed by atoms with Crippen molar-refractivity contribution in [2.24, 2.45) is 5.92 Å². The summed E-state index contributed by atoms with van der Waals surface area (Å²) < 4.78 is 0. The van der Waals surface area contributed by atoms with Gasteiger partial charge in [-0.2, -0.15) is 0 Å². The first-order valence-electron chi connectivity index (χ1n) is 9.40. The van der Waals surface area contributed by atoms with Gasteiger partial charge in [-0.1, -0.05) is 49.2 Å². The molecular weight excluding hydrogens is 302 g/mol. The highest BCUT2D eigenvalue weighted by Crippen LogP contribution is 2.43. The molecule has 0 N–H and O–H groups in total. The summed E-state index contributed by atoms with van der Waals surface area (Å²) in [5, 5.41) is 0. The number of fused-ring (bicyclic) bond motifs is 1. The van der Waals surface area contributed by atoms with Crippen LogP contribution in [0, 0.1) is 33.6 Å². The number of benzene rings is 2. The molecule has 0 radical (unpaired) electrons. The van der Waals surface area contributed by atoms with Crippen LogP contribution in [-0.4, -0.2) is 7.05 Å². The fourth-order valence-corrected chi connectivity index (χ4v) is 4.05. The van der Waals surface area contributed by atoms with Gasteiger partial charge in [0.05, 0.1) is 6.04 Å². The van der Waals surface area contributed by atoms with Crippen molar-refractivity contribution in [3.05, 3.63) is 69.8 Å². The van der Waals surface area contributed by atoms with Gasteiger partial charge >= 0.3 is 0 Å². The SMILES string of the molecule is Cc1ccc2c(c1)C(CC(C)C)=CC(c1cc(C)cc(C)c1C)N2C. The minimum atomic E-state index is 0.308. The number of hydrogen-bond donors (Lipinski definition) is 0. The number of likely N-dealkylation sites (N-methyl/N-ethyl adjacent to an activating group) is 1. The average molecular weight is 334 g/mol. The third kappa shape index (κ3) is 3.38. The third-order valence-corrected chi connectivity index (χ3v) is 5.45. The molecule has 0 bridgehead atoms. The Morgan fingerprint density at radius 1 is 0.960 bits per heavy atom. The van der Waals surface area contributed by atoms with Crippen molar-refractivity contribution in [1.82, 2.24) is 0 Å². The minimum Gasteiger partial charge on any atom is -0.364 e. The Bertz CT molecular complexity index is 826. The van der Waals surface area contributed by atoms with Crippen LogP contribution in [0.4, 0.5) is 5.69 Å². The predicted octanol–water partition coefficient (Wildman–Crippen LogP) is 6.54. The van der Waals surface area contributed by atoms with Crippen molar-refractivity contribution in [2.45, 2.75) is 54.0 Å². The number of rotatable bonds is 3. The molecule has 0 saturated heterocycles. The standard InChI is InChI=1S/C24H31N/c1-15(2)10-20-14-24(21-13-17(4)11-18(5)19(21)6)25(7)23-9-8-16(3)12-22(20)23/h8-9,11-15,24H,10H2,1-7H3. The van der Waals surface area contributed by atoms with Crippen LogP contribution in [0.15, 0.2) is 36.4 Å². The molecular formula is C24H31N. The molecule has 0 spiro atoms. The Morgan fingerprint density at radius 3 is 2.36 bits per heavy atom. The second-order valence-corrected chi connectivity index (χ2v) is 8.16. The molecule has 1 unspecified atom stereocenters. The lowest BCUT2D eigenvalue weighted by Gasteiger charge is -2.37. The van der Waals surface area contributed by atoms with E-state index in [0.29, 0.717) is 12.0 Å². The summed E-state index contributed by atoms with van der Waals surface area (Å²) in [4.78, 5) is 2.44. The normalized spacial score (nSPS) is 16.9. The number of hydrogen-bond acceptors (Lipinski definition) is 1. The van der Waals surface area contributed by atoms with E-state index in [1.54, 1.807) is 0 Å². The minimum absolute atomic E-state index is 0.308. The van der Waals surface area contributed by atoms with Crippen LogP contribution in [0.25, 0.3) is 5.57 Å². The van der Waals surface area contributed by atoms with E-state index >= 15 is 0 Å². The number of nitrogens with zero attached hydrogens (tertiary/aromatic N) is 1. The second-order valence-electron chi connectivity index (χ2n) is 8.16. The molecule has 3 rings (SSSR count). The third-order valence-electron chi connectivity index (χ3n) is 5.45. The van der Waals surface area contributed by atoms with E-state index in [0.717, 1.165) is 6.42 Å². The summed E-state index contributed by atoms with van der Waals surface area (Å²) in [6, 6.07) is 11.8. The maximum Gasteiger partial charge on any atom is 0.0732 e. The van der Waals surface area contributed by atoms with Gasteiger partial charge in [-0.05, 0) is 74.4 Å². The molecule has 1 heteroatoms. The molecule has 2 aromatic carbocycles. The molecule has 1 heterocycles.